The summed E-state index contributed by atoms with van der Waals surface area (Å²) in [6, 6.07) is 6.11. The van der Waals surface area contributed by atoms with Crippen molar-refractivity contribution in [1.29, 1.82) is 0 Å². The molecule has 0 spiro atoms. The summed E-state index contributed by atoms with van der Waals surface area (Å²) in [5.41, 5.74) is 0.807. The Kier molecular flexibility index (Phi) is 3.90. The predicted molar refractivity (Wildman–Crippen MR) is 72.8 cm³/mol. The van der Waals surface area contributed by atoms with E-state index in [2.05, 4.69) is 0 Å². The average molecular weight is 279 g/mol. The van der Waals surface area contributed by atoms with Gasteiger partial charge in [-0.1, -0.05) is 0 Å². The maximum Gasteiger partial charge on any atom is 0.269 e. The van der Waals surface area contributed by atoms with Gasteiger partial charge in [0, 0.05) is 12.1 Å². The van der Waals surface area contributed by atoms with Gasteiger partial charge in [0.15, 0.2) is 5.78 Å². The zero-order valence-electron chi connectivity index (χ0n) is 10.6. The minimum atomic E-state index is -0.451. The number of benzene rings is 1. The Morgan fingerprint density at radius 2 is 2.00 bits per heavy atom. The highest BCUT2D eigenvalue weighted by Crippen LogP contribution is 2.35. The highest BCUT2D eigenvalue weighted by Gasteiger charge is 2.27. The van der Waals surface area contributed by atoms with E-state index in [1.807, 2.05) is 6.26 Å². The number of carbonyl (C=O) groups is 1. The summed E-state index contributed by atoms with van der Waals surface area (Å²) >= 11 is 1.38. The third-order valence-corrected chi connectivity index (χ3v) is 3.87. The summed E-state index contributed by atoms with van der Waals surface area (Å²) < 4.78 is 5.71. The summed E-state index contributed by atoms with van der Waals surface area (Å²) in [7, 11) is 0. The summed E-state index contributed by atoms with van der Waals surface area (Å²) in [6.07, 6.45) is 1.75. The van der Waals surface area contributed by atoms with E-state index in [1.165, 1.54) is 23.9 Å². The Labute approximate surface area is 114 Å². The molecule has 0 saturated carbocycles. The lowest BCUT2D eigenvalue weighted by atomic mass is 10.0. The molecular formula is C13H13NO4S. The minimum absolute atomic E-state index is 0.0305. The molecule has 19 heavy (non-hydrogen) atoms. The largest absolute Gasteiger partial charge is 0.489 e. The van der Waals surface area contributed by atoms with Gasteiger partial charge in [0.2, 0.25) is 0 Å². The number of hydrogen-bond acceptors (Lipinski definition) is 5. The molecule has 0 saturated heterocycles. The predicted octanol–water partition coefficient (Wildman–Crippen LogP) is 3.22. The van der Waals surface area contributed by atoms with Crippen molar-refractivity contribution in [3.8, 4) is 0 Å². The SMILES string of the molecule is CSC1=C(C)OC(c2ccc([N+](=O)[O-])cc2)CC1=O. The molecule has 0 aliphatic carbocycles. The van der Waals surface area contributed by atoms with E-state index in [4.69, 9.17) is 4.74 Å². The minimum Gasteiger partial charge on any atom is -0.489 e. The number of nitro benzene ring substituents is 1. The maximum atomic E-state index is 11.9. The molecule has 2 rings (SSSR count). The molecular weight excluding hydrogens is 266 g/mol. The van der Waals surface area contributed by atoms with Crippen LogP contribution in [0.3, 0.4) is 0 Å². The van der Waals surface area contributed by atoms with E-state index in [-0.39, 0.29) is 24.0 Å². The Hall–Kier alpha value is -1.82. The van der Waals surface area contributed by atoms with Crippen molar-refractivity contribution in [2.24, 2.45) is 0 Å². The Morgan fingerprint density at radius 3 is 2.47 bits per heavy atom. The maximum absolute atomic E-state index is 11.9. The van der Waals surface area contributed by atoms with Crippen LogP contribution in [-0.4, -0.2) is 17.0 Å². The van der Waals surface area contributed by atoms with Gasteiger partial charge in [0.1, 0.15) is 11.9 Å². The van der Waals surface area contributed by atoms with Crippen LogP contribution < -0.4 is 0 Å². The molecule has 0 radical (unpaired) electrons. The smallest absolute Gasteiger partial charge is 0.269 e. The lowest BCUT2D eigenvalue weighted by Gasteiger charge is -2.25. The first kappa shape index (κ1) is 13.6. The molecule has 1 unspecified atom stereocenters. The molecule has 0 bridgehead atoms. The zero-order chi connectivity index (χ0) is 14.0. The number of Topliss-reactive ketones (excluding diaryl/α,β-unsaturated/α-hetero) is 1. The van der Waals surface area contributed by atoms with E-state index in [0.717, 1.165) is 5.56 Å². The number of ketones is 1. The summed E-state index contributed by atoms with van der Waals surface area (Å²) in [6.45, 7) is 1.77. The van der Waals surface area contributed by atoms with E-state index >= 15 is 0 Å². The normalized spacial score (nSPS) is 19.3. The summed E-state index contributed by atoms with van der Waals surface area (Å²) in [4.78, 5) is 22.7. The van der Waals surface area contributed by atoms with Gasteiger partial charge in [-0.2, -0.15) is 0 Å². The fraction of sp³-hybridized carbons (Fsp3) is 0.308. The third-order valence-electron chi connectivity index (χ3n) is 2.94. The second kappa shape index (κ2) is 5.44. The van der Waals surface area contributed by atoms with Gasteiger partial charge in [-0.05, 0) is 30.9 Å². The van der Waals surface area contributed by atoms with E-state index in [9.17, 15) is 14.9 Å². The van der Waals surface area contributed by atoms with Crippen molar-refractivity contribution in [2.75, 3.05) is 6.26 Å². The van der Waals surface area contributed by atoms with Gasteiger partial charge in [-0.15, -0.1) is 11.8 Å². The van der Waals surface area contributed by atoms with Gasteiger partial charge < -0.3 is 4.74 Å². The molecule has 1 aliphatic heterocycles. The number of rotatable bonds is 3. The Bertz CT molecular complexity index is 550. The van der Waals surface area contributed by atoms with Gasteiger partial charge >= 0.3 is 0 Å². The molecule has 1 aliphatic rings. The van der Waals surface area contributed by atoms with Crippen molar-refractivity contribution < 1.29 is 14.5 Å². The Morgan fingerprint density at radius 1 is 1.37 bits per heavy atom. The number of carbonyl (C=O) groups excluding carboxylic acids is 1. The van der Waals surface area contributed by atoms with Gasteiger partial charge in [-0.3, -0.25) is 14.9 Å². The van der Waals surface area contributed by atoms with Crippen LogP contribution in [-0.2, 0) is 9.53 Å². The van der Waals surface area contributed by atoms with E-state index < -0.39 is 4.92 Å². The number of hydrogen-bond donors (Lipinski definition) is 0. The molecule has 6 heteroatoms. The second-order valence-corrected chi connectivity index (χ2v) is 4.99. The lowest BCUT2D eigenvalue weighted by molar-refractivity contribution is -0.384. The topological polar surface area (TPSA) is 69.4 Å². The fourth-order valence-electron chi connectivity index (χ4n) is 2.02. The van der Waals surface area contributed by atoms with Gasteiger partial charge in [0.05, 0.1) is 16.2 Å². The second-order valence-electron chi connectivity index (χ2n) is 4.17. The van der Waals surface area contributed by atoms with Crippen molar-refractivity contribution in [3.05, 3.63) is 50.6 Å². The highest BCUT2D eigenvalue weighted by atomic mass is 32.2. The van der Waals surface area contributed by atoms with Crippen LogP contribution >= 0.6 is 11.8 Å². The average Bonchev–Trinajstić information content (AvgIpc) is 2.38. The molecule has 0 aromatic heterocycles. The molecule has 1 atom stereocenters. The number of ether oxygens (including phenoxy) is 1. The van der Waals surface area contributed by atoms with Crippen LogP contribution in [0.1, 0.15) is 25.0 Å². The number of nitro groups is 1. The van der Waals surface area contributed by atoms with Crippen molar-refractivity contribution >= 4 is 23.2 Å². The van der Waals surface area contributed by atoms with Crippen LogP contribution in [0.5, 0.6) is 0 Å². The zero-order valence-corrected chi connectivity index (χ0v) is 11.4. The van der Waals surface area contributed by atoms with Crippen molar-refractivity contribution in [2.45, 2.75) is 19.4 Å². The van der Waals surface area contributed by atoms with Crippen molar-refractivity contribution in [1.82, 2.24) is 0 Å². The Balaban J connectivity index is 2.23. The van der Waals surface area contributed by atoms with Crippen LogP contribution in [0.4, 0.5) is 5.69 Å². The monoisotopic (exact) mass is 279 g/mol. The highest BCUT2D eigenvalue weighted by molar-refractivity contribution is 8.03. The molecule has 0 fully saturated rings. The number of non-ortho nitro benzene ring substituents is 1. The van der Waals surface area contributed by atoms with E-state index in [0.29, 0.717) is 10.7 Å². The van der Waals surface area contributed by atoms with Gasteiger partial charge in [0.25, 0.3) is 5.69 Å². The first-order chi connectivity index (χ1) is 9.02. The molecule has 1 heterocycles. The first-order valence-corrected chi connectivity index (χ1v) is 6.94. The van der Waals surface area contributed by atoms with Crippen LogP contribution in [0.15, 0.2) is 34.9 Å². The molecule has 0 N–H and O–H groups in total. The molecule has 1 aromatic rings. The number of nitrogens with zero attached hydrogens (tertiary/aromatic N) is 1. The molecule has 100 valence electrons. The van der Waals surface area contributed by atoms with Crippen LogP contribution in [0.25, 0.3) is 0 Å². The summed E-state index contributed by atoms with van der Waals surface area (Å²) in [5.74, 6) is 0.673. The van der Waals surface area contributed by atoms with E-state index in [1.54, 1.807) is 19.1 Å². The first-order valence-electron chi connectivity index (χ1n) is 5.72. The molecule has 0 amide bonds. The van der Waals surface area contributed by atoms with Crippen LogP contribution in [0.2, 0.25) is 0 Å². The quantitative estimate of drug-likeness (QED) is 0.627. The summed E-state index contributed by atoms with van der Waals surface area (Å²) in [5, 5.41) is 10.6. The van der Waals surface area contributed by atoms with Crippen LogP contribution in [0, 0.1) is 10.1 Å². The van der Waals surface area contributed by atoms with Gasteiger partial charge in [-0.25, -0.2) is 0 Å². The molecule has 5 nitrogen and oxygen atoms in total. The fourth-order valence-corrected chi connectivity index (χ4v) is 2.67. The number of thioether (sulfide) groups is 1. The van der Waals surface area contributed by atoms with Crippen molar-refractivity contribution in [3.63, 3.8) is 0 Å². The standard InChI is InChI=1S/C13H13NO4S/c1-8-13(19-2)11(15)7-12(18-8)9-3-5-10(6-4-9)14(16)17/h3-6,12H,7H2,1-2H3. The third kappa shape index (κ3) is 2.78. The number of allylic oxidation sites excluding steroid dienone is 2. The molecule has 1 aromatic carbocycles. The lowest BCUT2D eigenvalue weighted by Crippen LogP contribution is -2.18.